The van der Waals surface area contributed by atoms with E-state index < -0.39 is 0 Å². The van der Waals surface area contributed by atoms with Crippen molar-refractivity contribution in [3.05, 3.63) is 29.8 Å². The summed E-state index contributed by atoms with van der Waals surface area (Å²) in [5.41, 5.74) is 8.07. The molecule has 1 aromatic heterocycles. The predicted molar refractivity (Wildman–Crippen MR) is 82.6 cm³/mol. The lowest BCUT2D eigenvalue weighted by atomic mass is 10.1. The highest BCUT2D eigenvalue weighted by Gasteiger charge is 2.10. The van der Waals surface area contributed by atoms with Crippen molar-refractivity contribution in [2.45, 2.75) is 27.2 Å². The minimum atomic E-state index is 0.261. The molecule has 2 N–H and O–H groups in total. The van der Waals surface area contributed by atoms with Crippen LogP contribution in [-0.2, 0) is 6.42 Å². The molecule has 1 aromatic carbocycles. The molecule has 0 aliphatic carbocycles. The number of anilines is 2. The summed E-state index contributed by atoms with van der Waals surface area (Å²) in [6.07, 6.45) is 1.02. The van der Waals surface area contributed by atoms with Gasteiger partial charge in [0.25, 0.3) is 0 Å². The zero-order chi connectivity index (χ0) is 14.5. The summed E-state index contributed by atoms with van der Waals surface area (Å²) >= 11 is 0. The van der Waals surface area contributed by atoms with Crippen LogP contribution >= 0.6 is 0 Å². The van der Waals surface area contributed by atoms with E-state index in [2.05, 4.69) is 52.8 Å². The molecular formula is C15H21N5. The third kappa shape index (κ3) is 3.04. The second-order valence-corrected chi connectivity index (χ2v) is 4.54. The van der Waals surface area contributed by atoms with Gasteiger partial charge < -0.3 is 10.6 Å². The molecule has 106 valence electrons. The predicted octanol–water partition coefficient (Wildman–Crippen LogP) is 2.53. The zero-order valence-corrected chi connectivity index (χ0v) is 12.3. The van der Waals surface area contributed by atoms with E-state index in [1.54, 1.807) is 0 Å². The maximum absolute atomic E-state index is 5.81. The first kappa shape index (κ1) is 14.2. The lowest BCUT2D eigenvalue weighted by molar-refractivity contribution is 0.816. The first-order valence-corrected chi connectivity index (χ1v) is 7.03. The third-order valence-electron chi connectivity index (χ3n) is 3.31. The van der Waals surface area contributed by atoms with Gasteiger partial charge in [0, 0.05) is 18.7 Å². The SMILES string of the molecule is CCc1ccc(-c2nc(N)nc(N(CC)CC)n2)cc1. The number of nitrogens with two attached hydrogens (primary N) is 1. The number of rotatable bonds is 5. The molecule has 0 fully saturated rings. The third-order valence-corrected chi connectivity index (χ3v) is 3.31. The van der Waals surface area contributed by atoms with Gasteiger partial charge in [0.1, 0.15) is 0 Å². The Morgan fingerprint density at radius 1 is 0.950 bits per heavy atom. The summed E-state index contributed by atoms with van der Waals surface area (Å²) in [6.45, 7) is 7.95. The zero-order valence-electron chi connectivity index (χ0n) is 12.3. The maximum atomic E-state index is 5.81. The smallest absolute Gasteiger partial charge is 0.230 e. The summed E-state index contributed by atoms with van der Waals surface area (Å²) in [5.74, 6) is 1.52. The van der Waals surface area contributed by atoms with Crippen molar-refractivity contribution in [1.29, 1.82) is 0 Å². The molecule has 0 radical (unpaired) electrons. The number of hydrogen-bond acceptors (Lipinski definition) is 5. The van der Waals surface area contributed by atoms with Gasteiger partial charge in [-0.25, -0.2) is 0 Å². The average molecular weight is 271 g/mol. The molecule has 1 heterocycles. The Bertz CT molecular complexity index is 561. The Hall–Kier alpha value is -2.17. The van der Waals surface area contributed by atoms with Gasteiger partial charge in [-0.1, -0.05) is 31.2 Å². The van der Waals surface area contributed by atoms with E-state index >= 15 is 0 Å². The highest BCUT2D eigenvalue weighted by atomic mass is 15.3. The average Bonchev–Trinajstić information content (AvgIpc) is 2.48. The number of nitrogen functional groups attached to an aromatic ring is 1. The molecular weight excluding hydrogens is 250 g/mol. The van der Waals surface area contributed by atoms with Crippen LogP contribution in [0.5, 0.6) is 0 Å². The van der Waals surface area contributed by atoms with Crippen LogP contribution in [0, 0.1) is 0 Å². The Labute approximate surface area is 119 Å². The van der Waals surface area contributed by atoms with Crippen molar-refractivity contribution in [3.8, 4) is 11.4 Å². The molecule has 0 bridgehead atoms. The molecule has 5 nitrogen and oxygen atoms in total. The highest BCUT2D eigenvalue weighted by Crippen LogP contribution is 2.19. The molecule has 0 spiro atoms. The first-order chi connectivity index (χ1) is 9.67. The molecule has 2 rings (SSSR count). The van der Waals surface area contributed by atoms with Crippen LogP contribution in [0.1, 0.15) is 26.3 Å². The lowest BCUT2D eigenvalue weighted by Crippen LogP contribution is -2.25. The summed E-state index contributed by atoms with van der Waals surface area (Å²) < 4.78 is 0. The van der Waals surface area contributed by atoms with Crippen LogP contribution in [0.2, 0.25) is 0 Å². The minimum Gasteiger partial charge on any atom is -0.368 e. The fourth-order valence-corrected chi connectivity index (χ4v) is 2.05. The van der Waals surface area contributed by atoms with Gasteiger partial charge in [-0.05, 0) is 25.8 Å². The molecule has 20 heavy (non-hydrogen) atoms. The molecule has 2 aromatic rings. The Morgan fingerprint density at radius 3 is 2.15 bits per heavy atom. The van der Waals surface area contributed by atoms with Crippen molar-refractivity contribution in [2.75, 3.05) is 23.7 Å². The normalized spacial score (nSPS) is 10.6. The largest absolute Gasteiger partial charge is 0.368 e. The molecule has 0 aliphatic heterocycles. The summed E-state index contributed by atoms with van der Waals surface area (Å²) in [7, 11) is 0. The molecule has 0 atom stereocenters. The van der Waals surface area contributed by atoms with Crippen LogP contribution in [0.3, 0.4) is 0 Å². The van der Waals surface area contributed by atoms with Crippen LogP contribution in [0.25, 0.3) is 11.4 Å². The van der Waals surface area contributed by atoms with Crippen molar-refractivity contribution in [1.82, 2.24) is 15.0 Å². The Balaban J connectivity index is 2.40. The van der Waals surface area contributed by atoms with Crippen LogP contribution in [0.4, 0.5) is 11.9 Å². The van der Waals surface area contributed by atoms with Gasteiger partial charge >= 0.3 is 0 Å². The Kier molecular flexibility index (Phi) is 4.50. The molecule has 5 heteroatoms. The van der Waals surface area contributed by atoms with Gasteiger partial charge in [-0.2, -0.15) is 15.0 Å². The lowest BCUT2D eigenvalue weighted by Gasteiger charge is -2.18. The van der Waals surface area contributed by atoms with Gasteiger partial charge in [-0.15, -0.1) is 0 Å². The minimum absolute atomic E-state index is 0.261. The second-order valence-electron chi connectivity index (χ2n) is 4.54. The summed E-state index contributed by atoms with van der Waals surface area (Å²) in [6, 6.07) is 8.23. The van der Waals surface area contributed by atoms with E-state index in [9.17, 15) is 0 Å². The topological polar surface area (TPSA) is 67.9 Å². The van der Waals surface area contributed by atoms with Crippen LogP contribution in [-0.4, -0.2) is 28.0 Å². The van der Waals surface area contributed by atoms with E-state index in [0.29, 0.717) is 11.8 Å². The van der Waals surface area contributed by atoms with E-state index in [1.165, 1.54) is 5.56 Å². The van der Waals surface area contributed by atoms with Crippen molar-refractivity contribution in [3.63, 3.8) is 0 Å². The number of nitrogens with zero attached hydrogens (tertiary/aromatic N) is 4. The molecule has 0 saturated carbocycles. The molecule has 0 unspecified atom stereocenters. The number of hydrogen-bond donors (Lipinski definition) is 1. The summed E-state index contributed by atoms with van der Waals surface area (Å²) in [5, 5.41) is 0. The quantitative estimate of drug-likeness (QED) is 0.905. The number of benzene rings is 1. The van der Waals surface area contributed by atoms with E-state index in [0.717, 1.165) is 25.1 Å². The fourth-order valence-electron chi connectivity index (χ4n) is 2.05. The van der Waals surface area contributed by atoms with Gasteiger partial charge in [0.15, 0.2) is 5.82 Å². The van der Waals surface area contributed by atoms with E-state index in [1.807, 2.05) is 12.1 Å². The van der Waals surface area contributed by atoms with Crippen molar-refractivity contribution < 1.29 is 0 Å². The highest BCUT2D eigenvalue weighted by molar-refractivity contribution is 5.58. The molecule has 0 saturated heterocycles. The number of aromatic nitrogens is 3. The Morgan fingerprint density at radius 2 is 1.60 bits per heavy atom. The number of aryl methyl sites for hydroxylation is 1. The van der Waals surface area contributed by atoms with Gasteiger partial charge in [0.2, 0.25) is 11.9 Å². The monoisotopic (exact) mass is 271 g/mol. The van der Waals surface area contributed by atoms with E-state index in [-0.39, 0.29) is 5.95 Å². The van der Waals surface area contributed by atoms with Crippen LogP contribution in [0.15, 0.2) is 24.3 Å². The molecule has 0 amide bonds. The van der Waals surface area contributed by atoms with Crippen molar-refractivity contribution in [2.24, 2.45) is 0 Å². The van der Waals surface area contributed by atoms with Crippen LogP contribution < -0.4 is 10.6 Å². The van der Waals surface area contributed by atoms with Gasteiger partial charge in [-0.3, -0.25) is 0 Å². The maximum Gasteiger partial charge on any atom is 0.230 e. The van der Waals surface area contributed by atoms with E-state index in [4.69, 9.17) is 5.73 Å². The van der Waals surface area contributed by atoms with Gasteiger partial charge in [0.05, 0.1) is 0 Å². The standard InChI is InChI=1S/C15H21N5/c1-4-11-7-9-12(10-8-11)13-17-14(16)19-15(18-13)20(5-2)6-3/h7-10H,4-6H2,1-3H3,(H2,16,17,18,19). The first-order valence-electron chi connectivity index (χ1n) is 7.03. The summed E-state index contributed by atoms with van der Waals surface area (Å²) in [4.78, 5) is 15.0. The molecule has 0 aliphatic rings. The second kappa shape index (κ2) is 6.32. The fraction of sp³-hybridized carbons (Fsp3) is 0.400. The van der Waals surface area contributed by atoms with Crippen molar-refractivity contribution >= 4 is 11.9 Å².